The highest BCUT2D eigenvalue weighted by atomic mass is 16.6. The van der Waals surface area contributed by atoms with Gasteiger partial charge in [0.05, 0.1) is 24.1 Å². The van der Waals surface area contributed by atoms with Gasteiger partial charge in [0.25, 0.3) is 11.6 Å². The molecule has 0 radical (unpaired) electrons. The number of nitrogens with zero attached hydrogens (tertiary/aromatic N) is 2. The molecule has 3 aromatic rings. The molecule has 9 nitrogen and oxygen atoms in total. The predicted octanol–water partition coefficient (Wildman–Crippen LogP) is 2.29. The first-order valence-corrected chi connectivity index (χ1v) is 7.76. The number of nitro benzene ring substituents is 1. The molecular weight excluding hydrogens is 340 g/mol. The molecule has 1 heterocycles. The summed E-state index contributed by atoms with van der Waals surface area (Å²) in [6.45, 7) is 0.501. The van der Waals surface area contributed by atoms with Gasteiger partial charge in [-0.3, -0.25) is 20.0 Å². The van der Waals surface area contributed by atoms with Crippen LogP contribution in [0.4, 0.5) is 5.69 Å². The second kappa shape index (κ2) is 7.51. The highest BCUT2D eigenvalue weighted by Gasteiger charge is 2.16. The summed E-state index contributed by atoms with van der Waals surface area (Å²) in [5.74, 6) is 0.863. The third kappa shape index (κ3) is 3.72. The third-order valence-corrected chi connectivity index (χ3v) is 3.67. The van der Waals surface area contributed by atoms with Gasteiger partial charge in [0.15, 0.2) is 5.69 Å². The van der Waals surface area contributed by atoms with E-state index < -0.39 is 10.8 Å². The molecule has 0 unspecified atom stereocenters. The minimum atomic E-state index is -0.518. The highest BCUT2D eigenvalue weighted by Crippen LogP contribution is 2.22. The molecule has 0 bridgehead atoms. The summed E-state index contributed by atoms with van der Waals surface area (Å²) in [7, 11) is 1.57. The fourth-order valence-corrected chi connectivity index (χ4v) is 2.40. The van der Waals surface area contributed by atoms with Crippen LogP contribution in [0, 0.1) is 10.1 Å². The minimum Gasteiger partial charge on any atom is -0.497 e. The fraction of sp³-hybridized carbons (Fsp3) is 0.176. The van der Waals surface area contributed by atoms with Gasteiger partial charge in [0, 0.05) is 23.6 Å². The second-order valence-electron chi connectivity index (χ2n) is 5.34. The topological polar surface area (TPSA) is 119 Å². The number of carbonyl (C=O) groups excluding carboxylic acids is 1. The Morgan fingerprint density at radius 3 is 2.85 bits per heavy atom. The molecule has 134 valence electrons. The number of benzene rings is 2. The Bertz CT molecular complexity index is 953. The molecule has 0 saturated heterocycles. The summed E-state index contributed by atoms with van der Waals surface area (Å²) in [4.78, 5) is 22.6. The maximum Gasteiger partial charge on any atom is 0.272 e. The largest absolute Gasteiger partial charge is 0.497 e. The van der Waals surface area contributed by atoms with E-state index in [4.69, 9.17) is 9.47 Å². The molecule has 9 heteroatoms. The number of carbonyl (C=O) groups is 1. The van der Waals surface area contributed by atoms with Crippen LogP contribution in [-0.2, 0) is 0 Å². The van der Waals surface area contributed by atoms with Crippen molar-refractivity contribution in [3.05, 3.63) is 58.3 Å². The standard InChI is InChI=1S/C17H16N4O5/c1-25-12-3-2-4-13(10-12)26-8-7-18-17(22)16-14-9-11(21(23)24)5-6-15(14)19-20-16/h2-6,9-10H,7-8H2,1H3,(H,18,22)(H,19,20). The number of aromatic nitrogens is 2. The van der Waals surface area contributed by atoms with E-state index in [0.717, 1.165) is 0 Å². The minimum absolute atomic E-state index is 0.102. The van der Waals surface area contributed by atoms with E-state index in [1.807, 2.05) is 0 Å². The lowest BCUT2D eigenvalue weighted by atomic mass is 10.2. The van der Waals surface area contributed by atoms with E-state index in [0.29, 0.717) is 22.4 Å². The van der Waals surface area contributed by atoms with Crippen LogP contribution in [0.5, 0.6) is 11.5 Å². The van der Waals surface area contributed by atoms with Crippen molar-refractivity contribution in [2.24, 2.45) is 0 Å². The number of nitrogens with one attached hydrogen (secondary N) is 2. The number of methoxy groups -OCH3 is 1. The molecule has 0 aliphatic rings. The molecule has 1 amide bonds. The maximum atomic E-state index is 12.3. The third-order valence-electron chi connectivity index (χ3n) is 3.67. The molecule has 0 spiro atoms. The van der Waals surface area contributed by atoms with Gasteiger partial charge in [0.2, 0.25) is 0 Å². The lowest BCUT2D eigenvalue weighted by Crippen LogP contribution is -2.28. The summed E-state index contributed by atoms with van der Waals surface area (Å²) in [6, 6.07) is 11.3. The zero-order valence-electron chi connectivity index (χ0n) is 13.9. The van der Waals surface area contributed by atoms with Crippen LogP contribution in [0.1, 0.15) is 10.5 Å². The summed E-state index contributed by atoms with van der Waals surface area (Å²) in [5.41, 5.74) is 0.549. The molecule has 2 N–H and O–H groups in total. The first-order chi connectivity index (χ1) is 12.6. The van der Waals surface area contributed by atoms with E-state index in [2.05, 4.69) is 15.5 Å². The number of nitro groups is 1. The van der Waals surface area contributed by atoms with Crippen molar-refractivity contribution < 1.29 is 19.2 Å². The van der Waals surface area contributed by atoms with Gasteiger partial charge in [-0.15, -0.1) is 0 Å². The zero-order valence-corrected chi connectivity index (χ0v) is 13.9. The van der Waals surface area contributed by atoms with Crippen molar-refractivity contribution in [2.45, 2.75) is 0 Å². The van der Waals surface area contributed by atoms with E-state index in [1.54, 1.807) is 31.4 Å². The first kappa shape index (κ1) is 17.2. The molecule has 2 aromatic carbocycles. The van der Waals surface area contributed by atoms with Gasteiger partial charge < -0.3 is 14.8 Å². The zero-order chi connectivity index (χ0) is 18.5. The summed E-state index contributed by atoms with van der Waals surface area (Å²) >= 11 is 0. The molecule has 0 atom stereocenters. The Morgan fingerprint density at radius 1 is 1.27 bits per heavy atom. The van der Waals surface area contributed by atoms with Crippen LogP contribution < -0.4 is 14.8 Å². The molecule has 1 aromatic heterocycles. The van der Waals surface area contributed by atoms with Crippen molar-refractivity contribution in [3.8, 4) is 11.5 Å². The number of rotatable bonds is 7. The predicted molar refractivity (Wildman–Crippen MR) is 93.6 cm³/mol. The summed E-state index contributed by atoms with van der Waals surface area (Å²) in [6.07, 6.45) is 0. The second-order valence-corrected chi connectivity index (χ2v) is 5.34. The van der Waals surface area contributed by atoms with Crippen molar-refractivity contribution in [1.82, 2.24) is 15.5 Å². The van der Waals surface area contributed by atoms with Crippen LogP contribution in [0.2, 0.25) is 0 Å². The lowest BCUT2D eigenvalue weighted by molar-refractivity contribution is -0.384. The quantitative estimate of drug-likeness (QED) is 0.381. The normalized spacial score (nSPS) is 10.5. The summed E-state index contributed by atoms with van der Waals surface area (Å²) in [5, 5.41) is 20.6. The van der Waals surface area contributed by atoms with Crippen LogP contribution >= 0.6 is 0 Å². The van der Waals surface area contributed by atoms with Gasteiger partial charge >= 0.3 is 0 Å². The first-order valence-electron chi connectivity index (χ1n) is 7.76. The van der Waals surface area contributed by atoms with E-state index >= 15 is 0 Å². The molecule has 26 heavy (non-hydrogen) atoms. The van der Waals surface area contributed by atoms with Crippen LogP contribution in [-0.4, -0.2) is 41.3 Å². The molecule has 0 aliphatic heterocycles. The fourth-order valence-electron chi connectivity index (χ4n) is 2.40. The van der Waals surface area contributed by atoms with Crippen molar-refractivity contribution in [1.29, 1.82) is 0 Å². The van der Waals surface area contributed by atoms with E-state index in [1.165, 1.54) is 18.2 Å². The Kier molecular flexibility index (Phi) is 4.97. The number of amides is 1. The molecule has 0 saturated carbocycles. The number of ether oxygens (including phenoxy) is 2. The Balaban J connectivity index is 1.60. The Labute approximate surface area is 148 Å². The number of hydrogen-bond acceptors (Lipinski definition) is 6. The van der Waals surface area contributed by atoms with E-state index in [9.17, 15) is 14.9 Å². The van der Waals surface area contributed by atoms with Gasteiger partial charge in [-0.1, -0.05) is 6.07 Å². The number of hydrogen-bond donors (Lipinski definition) is 2. The van der Waals surface area contributed by atoms with Gasteiger partial charge in [0.1, 0.15) is 18.1 Å². The SMILES string of the molecule is COc1cccc(OCCNC(=O)c2n[nH]c3ccc([N+](=O)[O-])cc23)c1. The Hall–Kier alpha value is -3.62. The van der Waals surface area contributed by atoms with Crippen LogP contribution in [0.15, 0.2) is 42.5 Å². The van der Waals surface area contributed by atoms with Gasteiger partial charge in [-0.05, 0) is 18.2 Å². The summed E-state index contributed by atoms with van der Waals surface area (Å²) < 4.78 is 10.6. The van der Waals surface area contributed by atoms with Gasteiger partial charge in [-0.25, -0.2) is 0 Å². The molecule has 3 rings (SSSR count). The van der Waals surface area contributed by atoms with Gasteiger partial charge in [-0.2, -0.15) is 5.10 Å². The number of non-ortho nitro benzene ring substituents is 1. The molecule has 0 fully saturated rings. The van der Waals surface area contributed by atoms with Crippen molar-refractivity contribution in [2.75, 3.05) is 20.3 Å². The average molecular weight is 356 g/mol. The molecular formula is C17H16N4O5. The average Bonchev–Trinajstić information content (AvgIpc) is 3.08. The smallest absolute Gasteiger partial charge is 0.272 e. The highest BCUT2D eigenvalue weighted by molar-refractivity contribution is 6.05. The molecule has 0 aliphatic carbocycles. The van der Waals surface area contributed by atoms with Crippen LogP contribution in [0.25, 0.3) is 10.9 Å². The van der Waals surface area contributed by atoms with E-state index in [-0.39, 0.29) is 24.5 Å². The number of fused-ring (bicyclic) bond motifs is 1. The maximum absolute atomic E-state index is 12.3. The Morgan fingerprint density at radius 2 is 2.08 bits per heavy atom. The lowest BCUT2D eigenvalue weighted by Gasteiger charge is -2.08. The number of H-pyrrole nitrogens is 1. The van der Waals surface area contributed by atoms with Crippen LogP contribution in [0.3, 0.4) is 0 Å². The van der Waals surface area contributed by atoms with Crippen molar-refractivity contribution in [3.63, 3.8) is 0 Å². The number of aromatic amines is 1. The van der Waals surface area contributed by atoms with Crippen molar-refractivity contribution >= 4 is 22.5 Å². The monoisotopic (exact) mass is 356 g/mol.